The number of rotatable bonds is 4. The smallest absolute Gasteiger partial charge is 0.307 e. The molecule has 0 aromatic carbocycles. The quantitative estimate of drug-likeness (QED) is 0.553. The predicted octanol–water partition coefficient (Wildman–Crippen LogP) is 0.674. The first-order valence-electron chi connectivity index (χ1n) is 6.83. The molecule has 0 amide bonds. The van der Waals surface area contributed by atoms with Gasteiger partial charge in [-0.1, -0.05) is 11.1 Å². The lowest BCUT2D eigenvalue weighted by Crippen LogP contribution is -2.39. The molecule has 4 atom stereocenters. The third kappa shape index (κ3) is 2.81. The van der Waals surface area contributed by atoms with Gasteiger partial charge in [0.15, 0.2) is 0 Å². The summed E-state index contributed by atoms with van der Waals surface area (Å²) in [6, 6.07) is 0. The Balaban J connectivity index is 2.35. The highest BCUT2D eigenvalue weighted by Gasteiger charge is 2.45. The summed E-state index contributed by atoms with van der Waals surface area (Å²) in [4.78, 5) is 44.9. The number of carbonyl (C=O) groups is 4. The summed E-state index contributed by atoms with van der Waals surface area (Å²) < 4.78 is 0. The standard InChI is InChI=1S/C14H16O8/c15-11(16)7-1-5-2-9(13(19)20)10(14(21)22)4-6(5)3-8(7)12(17)18/h7-10H,1-4H2,(H,15,16)(H,17,18)(H,19,20)(H,21,22)/t7-,8-,9-,10+/m1/s1. The van der Waals surface area contributed by atoms with Crippen LogP contribution in [0.1, 0.15) is 25.7 Å². The number of hydrogen-bond acceptors (Lipinski definition) is 4. The van der Waals surface area contributed by atoms with Crippen molar-refractivity contribution in [3.63, 3.8) is 0 Å². The highest BCUT2D eigenvalue weighted by Crippen LogP contribution is 2.45. The molecular formula is C14H16O8. The third-order valence-corrected chi connectivity index (χ3v) is 4.61. The molecule has 0 fully saturated rings. The zero-order chi connectivity index (χ0) is 16.6. The van der Waals surface area contributed by atoms with Crippen molar-refractivity contribution in [3.8, 4) is 0 Å². The molecule has 0 aliphatic heterocycles. The van der Waals surface area contributed by atoms with E-state index in [4.69, 9.17) is 20.4 Å². The van der Waals surface area contributed by atoms with Crippen LogP contribution in [0.3, 0.4) is 0 Å². The number of carboxylic acids is 4. The zero-order valence-electron chi connectivity index (χ0n) is 11.6. The van der Waals surface area contributed by atoms with Gasteiger partial charge in [0.2, 0.25) is 0 Å². The topological polar surface area (TPSA) is 149 Å². The van der Waals surface area contributed by atoms with Gasteiger partial charge in [-0.15, -0.1) is 0 Å². The Bertz CT molecular complexity index is 477. The van der Waals surface area contributed by atoms with Crippen LogP contribution in [0.25, 0.3) is 0 Å². The van der Waals surface area contributed by atoms with E-state index in [1.165, 1.54) is 0 Å². The maximum atomic E-state index is 11.2. The van der Waals surface area contributed by atoms with Crippen LogP contribution in [0.15, 0.2) is 11.1 Å². The van der Waals surface area contributed by atoms with Gasteiger partial charge in [-0.3, -0.25) is 19.2 Å². The minimum atomic E-state index is -1.23. The van der Waals surface area contributed by atoms with Gasteiger partial charge < -0.3 is 20.4 Å². The molecule has 8 heteroatoms. The molecule has 22 heavy (non-hydrogen) atoms. The van der Waals surface area contributed by atoms with E-state index in [0.29, 0.717) is 11.1 Å². The number of hydrogen-bond donors (Lipinski definition) is 4. The second-order valence-electron chi connectivity index (χ2n) is 5.80. The maximum absolute atomic E-state index is 11.2. The van der Waals surface area contributed by atoms with Crippen molar-refractivity contribution in [2.75, 3.05) is 0 Å². The fourth-order valence-corrected chi connectivity index (χ4v) is 3.41. The molecule has 120 valence electrons. The van der Waals surface area contributed by atoms with Crippen LogP contribution in [0.5, 0.6) is 0 Å². The van der Waals surface area contributed by atoms with E-state index in [0.717, 1.165) is 0 Å². The second-order valence-corrected chi connectivity index (χ2v) is 5.80. The Morgan fingerprint density at radius 1 is 0.545 bits per heavy atom. The first-order chi connectivity index (χ1) is 10.2. The molecule has 2 aliphatic rings. The van der Waals surface area contributed by atoms with E-state index in [9.17, 15) is 19.2 Å². The van der Waals surface area contributed by atoms with Gasteiger partial charge in [0, 0.05) is 0 Å². The Kier molecular flexibility index (Phi) is 4.20. The summed E-state index contributed by atoms with van der Waals surface area (Å²) in [5.74, 6) is -9.34. The summed E-state index contributed by atoms with van der Waals surface area (Å²) in [5.41, 5.74) is 1.18. The van der Waals surface area contributed by atoms with Gasteiger partial charge >= 0.3 is 23.9 Å². The van der Waals surface area contributed by atoms with Crippen LogP contribution in [0, 0.1) is 23.7 Å². The van der Waals surface area contributed by atoms with Crippen molar-refractivity contribution in [3.05, 3.63) is 11.1 Å². The average Bonchev–Trinajstić information content (AvgIpc) is 2.43. The lowest BCUT2D eigenvalue weighted by atomic mass is 9.66. The Labute approximate surface area is 125 Å². The van der Waals surface area contributed by atoms with Gasteiger partial charge in [-0.2, -0.15) is 0 Å². The van der Waals surface area contributed by atoms with Crippen LogP contribution in [0.2, 0.25) is 0 Å². The fraction of sp³-hybridized carbons (Fsp3) is 0.571. The van der Waals surface area contributed by atoms with E-state index < -0.39 is 47.5 Å². The van der Waals surface area contributed by atoms with E-state index in [1.54, 1.807) is 0 Å². The molecule has 0 radical (unpaired) electrons. The largest absolute Gasteiger partial charge is 0.481 e. The van der Waals surface area contributed by atoms with Crippen LogP contribution in [0.4, 0.5) is 0 Å². The van der Waals surface area contributed by atoms with Crippen molar-refractivity contribution in [2.24, 2.45) is 23.7 Å². The predicted molar refractivity (Wildman–Crippen MR) is 70.0 cm³/mol. The molecule has 0 spiro atoms. The maximum Gasteiger partial charge on any atom is 0.307 e. The highest BCUT2D eigenvalue weighted by molar-refractivity contribution is 5.83. The summed E-state index contributed by atoms with van der Waals surface area (Å²) in [6.07, 6.45) is -0.120. The molecule has 2 aliphatic carbocycles. The van der Waals surface area contributed by atoms with E-state index >= 15 is 0 Å². The van der Waals surface area contributed by atoms with E-state index in [2.05, 4.69) is 0 Å². The van der Waals surface area contributed by atoms with Crippen molar-refractivity contribution < 1.29 is 39.6 Å². The number of allylic oxidation sites excluding steroid dienone is 2. The SMILES string of the molecule is O=C(O)[C@H]1CC2=C(C[C@H]1C(=O)O)C[C@@H](C(=O)O)[C@H](C(=O)O)C2. The lowest BCUT2D eigenvalue weighted by molar-refractivity contribution is -0.156. The molecule has 0 saturated heterocycles. The van der Waals surface area contributed by atoms with E-state index in [1.807, 2.05) is 0 Å². The van der Waals surface area contributed by atoms with Gasteiger partial charge in [0.05, 0.1) is 23.7 Å². The van der Waals surface area contributed by atoms with Gasteiger partial charge in [0.1, 0.15) is 0 Å². The molecule has 4 N–H and O–H groups in total. The minimum Gasteiger partial charge on any atom is -0.481 e. The molecule has 0 bridgehead atoms. The first-order valence-corrected chi connectivity index (χ1v) is 6.83. The first kappa shape index (κ1) is 16.0. The van der Waals surface area contributed by atoms with Crippen LogP contribution in [-0.4, -0.2) is 44.3 Å². The summed E-state index contributed by atoms with van der Waals surface area (Å²) in [7, 11) is 0. The van der Waals surface area contributed by atoms with E-state index in [-0.39, 0.29) is 25.7 Å². The Morgan fingerprint density at radius 3 is 0.864 bits per heavy atom. The van der Waals surface area contributed by atoms with Gasteiger partial charge in [-0.05, 0) is 25.7 Å². The lowest BCUT2D eigenvalue weighted by Gasteiger charge is -2.37. The molecule has 0 saturated carbocycles. The zero-order valence-corrected chi connectivity index (χ0v) is 11.6. The molecule has 8 nitrogen and oxygen atoms in total. The Hall–Kier alpha value is -2.38. The van der Waals surface area contributed by atoms with Crippen molar-refractivity contribution in [1.82, 2.24) is 0 Å². The van der Waals surface area contributed by atoms with Crippen LogP contribution < -0.4 is 0 Å². The second kappa shape index (κ2) is 5.78. The minimum absolute atomic E-state index is 0.0300. The Morgan fingerprint density at radius 2 is 0.727 bits per heavy atom. The highest BCUT2D eigenvalue weighted by atomic mass is 16.4. The third-order valence-electron chi connectivity index (χ3n) is 4.61. The monoisotopic (exact) mass is 312 g/mol. The number of aliphatic carboxylic acids is 4. The summed E-state index contributed by atoms with van der Waals surface area (Å²) >= 11 is 0. The van der Waals surface area contributed by atoms with Crippen LogP contribution in [-0.2, 0) is 19.2 Å². The molecule has 0 aromatic heterocycles. The average molecular weight is 312 g/mol. The molecule has 0 aromatic rings. The molecular weight excluding hydrogens is 296 g/mol. The van der Waals surface area contributed by atoms with Gasteiger partial charge in [-0.25, -0.2) is 0 Å². The number of carboxylic acid groups (broad SMARTS) is 4. The van der Waals surface area contributed by atoms with Crippen LogP contribution >= 0.6 is 0 Å². The molecule has 2 rings (SSSR count). The van der Waals surface area contributed by atoms with Gasteiger partial charge in [0.25, 0.3) is 0 Å². The summed E-state index contributed by atoms with van der Waals surface area (Å²) in [6.45, 7) is 0. The summed E-state index contributed by atoms with van der Waals surface area (Å²) in [5, 5.41) is 36.7. The molecule has 0 heterocycles. The van der Waals surface area contributed by atoms with Crippen molar-refractivity contribution >= 4 is 23.9 Å². The van der Waals surface area contributed by atoms with Crippen molar-refractivity contribution in [1.29, 1.82) is 0 Å². The normalized spacial score (nSPS) is 31.3. The molecule has 0 unspecified atom stereocenters. The fourth-order valence-electron chi connectivity index (χ4n) is 3.41. The van der Waals surface area contributed by atoms with Crippen molar-refractivity contribution in [2.45, 2.75) is 25.7 Å².